The van der Waals surface area contributed by atoms with Gasteiger partial charge in [0.25, 0.3) is 0 Å². The number of nitrogens with zero attached hydrogens (tertiary/aromatic N) is 2. The van der Waals surface area contributed by atoms with E-state index < -0.39 is 0 Å². The van der Waals surface area contributed by atoms with Crippen molar-refractivity contribution in [1.29, 1.82) is 0 Å². The number of hydrogen-bond donors (Lipinski definition) is 2. The Kier molecular flexibility index (Phi) is 8.94. The Bertz CT molecular complexity index is 347. The Morgan fingerprint density at radius 1 is 1.14 bits per heavy atom. The second kappa shape index (κ2) is 10.5. The molecule has 1 amide bonds. The van der Waals surface area contributed by atoms with Gasteiger partial charge in [-0.1, -0.05) is 26.7 Å². The highest BCUT2D eigenvalue weighted by atomic mass is 16.2. The van der Waals surface area contributed by atoms with Crippen molar-refractivity contribution in [3.05, 3.63) is 0 Å². The summed E-state index contributed by atoms with van der Waals surface area (Å²) in [7, 11) is 3.53. The van der Waals surface area contributed by atoms with Gasteiger partial charge in [0.2, 0.25) is 5.91 Å². The van der Waals surface area contributed by atoms with Crippen LogP contribution in [0, 0.1) is 5.92 Å². The molecule has 0 saturated heterocycles. The van der Waals surface area contributed by atoms with E-state index in [0.29, 0.717) is 6.04 Å². The molecule has 1 rings (SSSR count). The fourth-order valence-electron chi connectivity index (χ4n) is 2.88. The van der Waals surface area contributed by atoms with Crippen LogP contribution in [0.4, 0.5) is 0 Å². The van der Waals surface area contributed by atoms with Crippen molar-refractivity contribution in [2.45, 2.75) is 64.8 Å². The van der Waals surface area contributed by atoms with Crippen LogP contribution in [0.3, 0.4) is 0 Å². The second-order valence-electron chi connectivity index (χ2n) is 6.53. The molecule has 1 aliphatic rings. The monoisotopic (exact) mass is 310 g/mol. The maximum Gasteiger partial charge on any atom is 0.243 e. The number of rotatable bonds is 7. The largest absolute Gasteiger partial charge is 0.356 e. The molecule has 5 nitrogen and oxygen atoms in total. The van der Waals surface area contributed by atoms with Gasteiger partial charge >= 0.3 is 0 Å². The van der Waals surface area contributed by atoms with E-state index in [2.05, 4.69) is 29.5 Å². The van der Waals surface area contributed by atoms with Crippen molar-refractivity contribution in [2.75, 3.05) is 27.2 Å². The highest BCUT2D eigenvalue weighted by Crippen LogP contribution is 2.27. The molecule has 0 spiro atoms. The first-order valence-corrected chi connectivity index (χ1v) is 8.81. The number of likely N-dealkylation sites (N-methyl/N-ethyl adjacent to an activating group) is 1. The van der Waals surface area contributed by atoms with Crippen molar-refractivity contribution >= 4 is 11.9 Å². The summed E-state index contributed by atoms with van der Waals surface area (Å²) in [5, 5.41) is 6.83. The zero-order valence-corrected chi connectivity index (χ0v) is 14.8. The topological polar surface area (TPSA) is 56.7 Å². The van der Waals surface area contributed by atoms with Gasteiger partial charge in [0, 0.05) is 26.7 Å². The minimum absolute atomic E-state index is 0.0317. The smallest absolute Gasteiger partial charge is 0.243 e. The Labute approximate surface area is 135 Å². The molecule has 1 fully saturated rings. The van der Waals surface area contributed by atoms with E-state index in [9.17, 15) is 4.79 Å². The van der Waals surface area contributed by atoms with Crippen molar-refractivity contribution in [1.82, 2.24) is 15.5 Å². The third-order valence-corrected chi connectivity index (χ3v) is 4.30. The standard InChI is InChI=1S/C17H34N4O/c1-5-7-14-8-10-15(11-9-14)20-17(18-12-6-2)19-13-16(22)21(3)4/h14-15H,5-13H2,1-4H3,(H2,18,19,20). The first-order valence-electron chi connectivity index (χ1n) is 8.81. The molecule has 2 N–H and O–H groups in total. The van der Waals surface area contributed by atoms with Crippen LogP contribution >= 0.6 is 0 Å². The minimum atomic E-state index is 0.0317. The Balaban J connectivity index is 2.47. The molecular formula is C17H34N4O. The maximum atomic E-state index is 11.7. The van der Waals surface area contributed by atoms with E-state index in [4.69, 9.17) is 0 Å². The van der Waals surface area contributed by atoms with Gasteiger partial charge in [0.1, 0.15) is 6.54 Å². The van der Waals surface area contributed by atoms with Crippen LogP contribution in [-0.4, -0.2) is 50.0 Å². The Hall–Kier alpha value is -1.26. The molecule has 0 atom stereocenters. The number of carbonyl (C=O) groups is 1. The van der Waals surface area contributed by atoms with Gasteiger partial charge in [-0.05, 0) is 38.0 Å². The molecule has 0 aliphatic heterocycles. The van der Waals surface area contributed by atoms with Crippen LogP contribution in [0.5, 0.6) is 0 Å². The molecule has 128 valence electrons. The van der Waals surface area contributed by atoms with Crippen molar-refractivity contribution in [3.63, 3.8) is 0 Å². The quantitative estimate of drug-likeness (QED) is 0.561. The number of guanidine groups is 1. The minimum Gasteiger partial charge on any atom is -0.356 e. The van der Waals surface area contributed by atoms with Gasteiger partial charge in [-0.3, -0.25) is 4.79 Å². The Morgan fingerprint density at radius 2 is 1.82 bits per heavy atom. The van der Waals surface area contributed by atoms with Gasteiger partial charge < -0.3 is 15.5 Å². The van der Waals surface area contributed by atoms with Crippen LogP contribution in [0.2, 0.25) is 0 Å². The predicted molar refractivity (Wildman–Crippen MR) is 93.1 cm³/mol. The van der Waals surface area contributed by atoms with E-state index in [-0.39, 0.29) is 12.5 Å². The summed E-state index contributed by atoms with van der Waals surface area (Å²) in [6.07, 6.45) is 8.73. The summed E-state index contributed by atoms with van der Waals surface area (Å²) in [6.45, 7) is 5.49. The predicted octanol–water partition coefficient (Wildman–Crippen LogP) is 2.38. The molecule has 1 saturated carbocycles. The maximum absolute atomic E-state index is 11.7. The fraction of sp³-hybridized carbons (Fsp3) is 0.882. The average Bonchev–Trinajstić information content (AvgIpc) is 2.51. The lowest BCUT2D eigenvalue weighted by atomic mass is 9.83. The van der Waals surface area contributed by atoms with E-state index >= 15 is 0 Å². The third kappa shape index (κ3) is 7.14. The van der Waals surface area contributed by atoms with Gasteiger partial charge in [-0.25, -0.2) is 4.99 Å². The van der Waals surface area contributed by atoms with Crippen LogP contribution in [0.15, 0.2) is 4.99 Å². The van der Waals surface area contributed by atoms with Crippen molar-refractivity contribution in [2.24, 2.45) is 10.9 Å². The van der Waals surface area contributed by atoms with E-state index in [1.807, 2.05) is 0 Å². The molecule has 0 heterocycles. The lowest BCUT2D eigenvalue weighted by Gasteiger charge is -2.30. The number of hydrogen-bond acceptors (Lipinski definition) is 2. The average molecular weight is 310 g/mol. The van der Waals surface area contributed by atoms with Gasteiger partial charge in [-0.2, -0.15) is 0 Å². The molecule has 1 aliphatic carbocycles. The number of carbonyl (C=O) groups excluding carboxylic acids is 1. The molecular weight excluding hydrogens is 276 g/mol. The van der Waals surface area contributed by atoms with Crippen LogP contribution in [0.25, 0.3) is 0 Å². The first kappa shape index (κ1) is 18.8. The zero-order chi connectivity index (χ0) is 16.4. The van der Waals surface area contributed by atoms with Crippen LogP contribution < -0.4 is 10.6 Å². The summed E-state index contributed by atoms with van der Waals surface area (Å²) in [4.78, 5) is 17.7. The molecule has 0 bridgehead atoms. The third-order valence-electron chi connectivity index (χ3n) is 4.30. The number of nitrogens with one attached hydrogen (secondary N) is 2. The van der Waals surface area contributed by atoms with Crippen LogP contribution in [0.1, 0.15) is 58.8 Å². The summed E-state index contributed by atoms with van der Waals surface area (Å²) in [6, 6.07) is 0.491. The lowest BCUT2D eigenvalue weighted by molar-refractivity contribution is -0.127. The lowest BCUT2D eigenvalue weighted by Crippen LogP contribution is -2.45. The first-order chi connectivity index (χ1) is 10.6. The normalized spacial score (nSPS) is 22.3. The molecule has 0 unspecified atom stereocenters. The van der Waals surface area contributed by atoms with Crippen molar-refractivity contribution in [3.8, 4) is 0 Å². The summed E-state index contributed by atoms with van der Waals surface area (Å²) >= 11 is 0. The van der Waals surface area contributed by atoms with Gasteiger partial charge in [0.05, 0.1) is 0 Å². The highest BCUT2D eigenvalue weighted by Gasteiger charge is 2.21. The summed E-state index contributed by atoms with van der Waals surface area (Å²) in [5.74, 6) is 1.72. The molecule has 0 aromatic carbocycles. The number of amides is 1. The molecule has 0 radical (unpaired) electrons. The van der Waals surface area contributed by atoms with Gasteiger partial charge in [-0.15, -0.1) is 0 Å². The zero-order valence-electron chi connectivity index (χ0n) is 14.8. The molecule has 5 heteroatoms. The fourth-order valence-corrected chi connectivity index (χ4v) is 2.88. The van der Waals surface area contributed by atoms with Crippen LogP contribution in [-0.2, 0) is 4.79 Å². The molecule has 0 aromatic heterocycles. The Morgan fingerprint density at radius 3 is 2.36 bits per heavy atom. The molecule has 22 heavy (non-hydrogen) atoms. The SMILES string of the molecule is CCCNC(=NCC(=O)N(C)C)NC1CCC(CCC)CC1. The number of aliphatic imine (C=N–C) groups is 1. The summed E-state index contributed by atoms with van der Waals surface area (Å²) in [5.41, 5.74) is 0. The molecule has 0 aromatic rings. The second-order valence-corrected chi connectivity index (χ2v) is 6.53. The van der Waals surface area contributed by atoms with E-state index in [1.165, 1.54) is 38.5 Å². The van der Waals surface area contributed by atoms with E-state index in [0.717, 1.165) is 24.8 Å². The van der Waals surface area contributed by atoms with Gasteiger partial charge in [0.15, 0.2) is 5.96 Å². The highest BCUT2D eigenvalue weighted by molar-refractivity contribution is 5.84. The van der Waals surface area contributed by atoms with Crippen molar-refractivity contribution < 1.29 is 4.79 Å². The summed E-state index contributed by atoms with van der Waals surface area (Å²) < 4.78 is 0. The van der Waals surface area contributed by atoms with E-state index in [1.54, 1.807) is 19.0 Å².